The SMILES string of the molecule is CCN(CC(=O)Nc1c(Cl)cccc1Cl)[C@@H]1C[C@@H](C)OC1=O. The van der Waals surface area contributed by atoms with Crippen molar-refractivity contribution in [3.8, 4) is 0 Å². The van der Waals surface area contributed by atoms with Gasteiger partial charge in [0.2, 0.25) is 5.91 Å². The molecule has 22 heavy (non-hydrogen) atoms. The zero-order valence-electron chi connectivity index (χ0n) is 12.4. The summed E-state index contributed by atoms with van der Waals surface area (Å²) in [5, 5.41) is 3.44. The van der Waals surface area contributed by atoms with Crippen LogP contribution in [0.1, 0.15) is 20.3 Å². The lowest BCUT2D eigenvalue weighted by atomic mass is 10.1. The summed E-state index contributed by atoms with van der Waals surface area (Å²) in [6.07, 6.45) is 0.472. The van der Waals surface area contributed by atoms with Crippen molar-refractivity contribution in [3.05, 3.63) is 28.2 Å². The third-order valence-electron chi connectivity index (χ3n) is 3.57. The van der Waals surface area contributed by atoms with E-state index in [4.69, 9.17) is 27.9 Å². The van der Waals surface area contributed by atoms with Crippen LogP contribution in [0, 0.1) is 0 Å². The van der Waals surface area contributed by atoms with E-state index in [1.54, 1.807) is 23.1 Å². The standard InChI is InChI=1S/C15H18Cl2N2O3/c1-3-19(12-7-9(2)22-15(12)21)8-13(20)18-14-10(16)5-4-6-11(14)17/h4-6,9,12H,3,7-8H2,1-2H3,(H,18,20)/t9-,12-/m1/s1. The lowest BCUT2D eigenvalue weighted by Crippen LogP contribution is -2.43. The van der Waals surface area contributed by atoms with Crippen LogP contribution < -0.4 is 5.32 Å². The summed E-state index contributed by atoms with van der Waals surface area (Å²) in [4.78, 5) is 25.8. The molecule has 1 saturated heterocycles. The first-order chi connectivity index (χ1) is 10.4. The number of ether oxygens (including phenoxy) is 1. The Morgan fingerprint density at radius 1 is 1.41 bits per heavy atom. The summed E-state index contributed by atoms with van der Waals surface area (Å²) < 4.78 is 5.14. The van der Waals surface area contributed by atoms with E-state index in [9.17, 15) is 9.59 Å². The Bertz CT molecular complexity index is 560. The van der Waals surface area contributed by atoms with E-state index in [-0.39, 0.29) is 30.6 Å². The van der Waals surface area contributed by atoms with Crippen LogP contribution in [-0.4, -0.2) is 42.0 Å². The number of amides is 1. The van der Waals surface area contributed by atoms with Crippen LogP contribution in [0.4, 0.5) is 5.69 Å². The molecule has 1 heterocycles. The third kappa shape index (κ3) is 3.91. The maximum absolute atomic E-state index is 12.2. The number of benzene rings is 1. The van der Waals surface area contributed by atoms with Crippen LogP contribution in [-0.2, 0) is 14.3 Å². The van der Waals surface area contributed by atoms with Gasteiger partial charge in [0, 0.05) is 6.42 Å². The van der Waals surface area contributed by atoms with E-state index in [1.807, 2.05) is 13.8 Å². The van der Waals surface area contributed by atoms with Gasteiger partial charge in [0.15, 0.2) is 0 Å². The number of hydrogen-bond acceptors (Lipinski definition) is 4. The van der Waals surface area contributed by atoms with Crippen molar-refractivity contribution >= 4 is 40.8 Å². The van der Waals surface area contributed by atoms with Crippen molar-refractivity contribution in [2.45, 2.75) is 32.4 Å². The molecular formula is C15H18Cl2N2O3. The maximum Gasteiger partial charge on any atom is 0.323 e. The predicted molar refractivity (Wildman–Crippen MR) is 86.3 cm³/mol. The predicted octanol–water partition coefficient (Wildman–Crippen LogP) is 2.96. The highest BCUT2D eigenvalue weighted by molar-refractivity contribution is 6.39. The molecule has 0 aliphatic carbocycles. The van der Waals surface area contributed by atoms with E-state index in [0.29, 0.717) is 28.7 Å². The number of halogens is 2. The first-order valence-electron chi connectivity index (χ1n) is 7.10. The molecule has 1 aromatic carbocycles. The fourth-order valence-electron chi connectivity index (χ4n) is 2.46. The molecule has 2 rings (SSSR count). The van der Waals surface area contributed by atoms with Gasteiger partial charge >= 0.3 is 5.97 Å². The molecule has 1 aromatic rings. The van der Waals surface area contributed by atoms with Crippen LogP contribution in [0.3, 0.4) is 0 Å². The summed E-state index contributed by atoms with van der Waals surface area (Å²) >= 11 is 12.1. The van der Waals surface area contributed by atoms with Crippen LogP contribution in [0.15, 0.2) is 18.2 Å². The second kappa shape index (κ2) is 7.31. The van der Waals surface area contributed by atoms with Crippen LogP contribution in [0.25, 0.3) is 0 Å². The fraction of sp³-hybridized carbons (Fsp3) is 0.467. The van der Waals surface area contributed by atoms with Crippen molar-refractivity contribution in [2.75, 3.05) is 18.4 Å². The van der Waals surface area contributed by atoms with Gasteiger partial charge in [-0.1, -0.05) is 36.2 Å². The quantitative estimate of drug-likeness (QED) is 0.834. The molecule has 0 aromatic heterocycles. The van der Waals surface area contributed by atoms with Gasteiger partial charge in [-0.25, -0.2) is 0 Å². The van der Waals surface area contributed by atoms with E-state index >= 15 is 0 Å². The fourth-order valence-corrected chi connectivity index (χ4v) is 2.95. The Hall–Kier alpha value is -1.30. The monoisotopic (exact) mass is 344 g/mol. The first-order valence-corrected chi connectivity index (χ1v) is 7.86. The largest absolute Gasteiger partial charge is 0.461 e. The van der Waals surface area contributed by atoms with Gasteiger partial charge in [-0.3, -0.25) is 14.5 Å². The number of nitrogens with one attached hydrogen (secondary N) is 1. The molecule has 120 valence electrons. The number of rotatable bonds is 5. The van der Waals surface area contributed by atoms with Gasteiger partial charge in [0.1, 0.15) is 12.1 Å². The number of para-hydroxylation sites is 1. The Kier molecular flexibility index (Phi) is 5.67. The highest BCUT2D eigenvalue weighted by Crippen LogP contribution is 2.29. The maximum atomic E-state index is 12.2. The van der Waals surface area contributed by atoms with E-state index < -0.39 is 0 Å². The Morgan fingerprint density at radius 3 is 2.55 bits per heavy atom. The van der Waals surface area contributed by atoms with Gasteiger partial charge in [-0.2, -0.15) is 0 Å². The van der Waals surface area contributed by atoms with Gasteiger partial charge in [0.05, 0.1) is 22.3 Å². The molecular weight excluding hydrogens is 327 g/mol. The molecule has 0 spiro atoms. The normalized spacial score (nSPS) is 21.0. The molecule has 1 fully saturated rings. The lowest BCUT2D eigenvalue weighted by molar-refractivity contribution is -0.144. The number of esters is 1. The molecule has 0 radical (unpaired) electrons. The summed E-state index contributed by atoms with van der Waals surface area (Å²) in [5.41, 5.74) is 0.384. The molecule has 7 heteroatoms. The summed E-state index contributed by atoms with van der Waals surface area (Å²) in [6, 6.07) is 4.62. The number of carbonyl (C=O) groups excluding carboxylic acids is 2. The zero-order valence-corrected chi connectivity index (χ0v) is 13.9. The Morgan fingerprint density at radius 2 is 2.05 bits per heavy atom. The zero-order chi connectivity index (χ0) is 16.3. The second-order valence-electron chi connectivity index (χ2n) is 5.21. The van der Waals surface area contributed by atoms with Gasteiger partial charge in [-0.15, -0.1) is 0 Å². The number of hydrogen-bond donors (Lipinski definition) is 1. The average molecular weight is 345 g/mol. The molecule has 1 aliphatic rings. The molecule has 2 atom stereocenters. The van der Waals surface area contributed by atoms with E-state index in [0.717, 1.165) is 0 Å². The highest BCUT2D eigenvalue weighted by atomic mass is 35.5. The second-order valence-corrected chi connectivity index (χ2v) is 6.02. The van der Waals surface area contributed by atoms with Gasteiger partial charge in [-0.05, 0) is 25.6 Å². The summed E-state index contributed by atoms with van der Waals surface area (Å²) in [6.45, 7) is 4.38. The average Bonchev–Trinajstić information content (AvgIpc) is 2.79. The van der Waals surface area contributed by atoms with Crippen molar-refractivity contribution in [3.63, 3.8) is 0 Å². The number of nitrogens with zero attached hydrogens (tertiary/aromatic N) is 1. The topological polar surface area (TPSA) is 58.6 Å². The van der Waals surface area contributed by atoms with Crippen molar-refractivity contribution in [2.24, 2.45) is 0 Å². The Balaban J connectivity index is 2.02. The number of likely N-dealkylation sites (N-methyl/N-ethyl adjacent to an activating group) is 1. The summed E-state index contributed by atoms with van der Waals surface area (Å²) in [7, 11) is 0. The van der Waals surface area contributed by atoms with Crippen LogP contribution in [0.5, 0.6) is 0 Å². The Labute approximate surface area is 139 Å². The minimum atomic E-state index is -0.382. The molecule has 1 amide bonds. The van der Waals surface area contributed by atoms with E-state index in [1.165, 1.54) is 0 Å². The van der Waals surface area contributed by atoms with Crippen molar-refractivity contribution < 1.29 is 14.3 Å². The molecule has 1 N–H and O–H groups in total. The third-order valence-corrected chi connectivity index (χ3v) is 4.20. The summed E-state index contributed by atoms with van der Waals surface area (Å²) in [5.74, 6) is -0.554. The van der Waals surface area contributed by atoms with Crippen LogP contribution >= 0.6 is 23.2 Å². The van der Waals surface area contributed by atoms with Gasteiger partial charge in [0.25, 0.3) is 0 Å². The number of carbonyl (C=O) groups is 2. The smallest absolute Gasteiger partial charge is 0.323 e. The minimum absolute atomic E-state index is 0.0739. The first kappa shape index (κ1) is 17.1. The molecule has 5 nitrogen and oxygen atoms in total. The van der Waals surface area contributed by atoms with Crippen LogP contribution in [0.2, 0.25) is 10.0 Å². The lowest BCUT2D eigenvalue weighted by Gasteiger charge is -2.24. The van der Waals surface area contributed by atoms with Crippen molar-refractivity contribution in [1.29, 1.82) is 0 Å². The number of anilines is 1. The molecule has 0 unspecified atom stereocenters. The van der Waals surface area contributed by atoms with Crippen molar-refractivity contribution in [1.82, 2.24) is 4.90 Å². The highest BCUT2D eigenvalue weighted by Gasteiger charge is 2.36. The van der Waals surface area contributed by atoms with E-state index in [2.05, 4.69) is 5.32 Å². The number of cyclic esters (lactones) is 1. The molecule has 0 saturated carbocycles. The minimum Gasteiger partial charge on any atom is -0.461 e. The van der Waals surface area contributed by atoms with Gasteiger partial charge < -0.3 is 10.1 Å². The molecule has 1 aliphatic heterocycles. The molecule has 0 bridgehead atoms.